The zero-order valence-electron chi connectivity index (χ0n) is 15.4. The molecule has 1 aliphatic rings. The van der Waals surface area contributed by atoms with Crippen molar-refractivity contribution in [3.63, 3.8) is 0 Å². The number of anilines is 1. The Morgan fingerprint density at radius 3 is 2.54 bits per heavy atom. The third kappa shape index (κ3) is 5.48. The molecule has 0 radical (unpaired) electrons. The number of rotatable bonds is 7. The number of nitrogens with zero attached hydrogens (tertiary/aromatic N) is 1. The summed E-state index contributed by atoms with van der Waals surface area (Å²) in [6, 6.07) is 6.94. The van der Waals surface area contributed by atoms with E-state index in [0.717, 1.165) is 32.1 Å². The second-order valence-electron chi connectivity index (χ2n) is 7.35. The van der Waals surface area contributed by atoms with E-state index < -0.39 is 11.4 Å². The maximum Gasteiger partial charge on any atom is 0.303 e. The van der Waals surface area contributed by atoms with E-state index >= 15 is 0 Å². The minimum absolute atomic E-state index is 0.00794. The number of nitriles is 1. The summed E-state index contributed by atoms with van der Waals surface area (Å²) in [5.74, 6) is -0.602. The summed E-state index contributed by atoms with van der Waals surface area (Å²) in [7, 11) is 0. The highest BCUT2D eigenvalue weighted by molar-refractivity contribution is 5.93. The van der Waals surface area contributed by atoms with Gasteiger partial charge in [-0.25, -0.2) is 0 Å². The molecule has 0 bridgehead atoms. The lowest BCUT2D eigenvalue weighted by Gasteiger charge is -2.35. The fourth-order valence-corrected chi connectivity index (χ4v) is 3.63. The van der Waals surface area contributed by atoms with E-state index in [9.17, 15) is 14.7 Å². The molecule has 6 nitrogen and oxygen atoms in total. The van der Waals surface area contributed by atoms with Crippen molar-refractivity contribution in [3.8, 4) is 11.8 Å². The highest BCUT2D eigenvalue weighted by Crippen LogP contribution is 2.42. The van der Waals surface area contributed by atoms with Crippen LogP contribution in [0.1, 0.15) is 64.4 Å². The van der Waals surface area contributed by atoms with Crippen molar-refractivity contribution in [1.82, 2.24) is 0 Å². The molecule has 26 heavy (non-hydrogen) atoms. The van der Waals surface area contributed by atoms with Crippen molar-refractivity contribution in [3.05, 3.63) is 23.8 Å². The van der Waals surface area contributed by atoms with Crippen LogP contribution in [-0.4, -0.2) is 23.1 Å². The van der Waals surface area contributed by atoms with Crippen LogP contribution in [0.5, 0.6) is 5.75 Å². The summed E-state index contributed by atoms with van der Waals surface area (Å²) in [5.41, 5.74) is 0.387. The molecular weight excluding hydrogens is 332 g/mol. The van der Waals surface area contributed by atoms with Crippen LogP contribution < -0.4 is 10.1 Å². The van der Waals surface area contributed by atoms with Gasteiger partial charge in [-0.3, -0.25) is 9.59 Å². The van der Waals surface area contributed by atoms with E-state index in [0.29, 0.717) is 17.0 Å². The van der Waals surface area contributed by atoms with Gasteiger partial charge in [0.25, 0.3) is 0 Å². The topological polar surface area (TPSA) is 99.4 Å². The molecule has 1 aromatic carbocycles. The van der Waals surface area contributed by atoms with Crippen molar-refractivity contribution < 1.29 is 19.4 Å². The van der Waals surface area contributed by atoms with Gasteiger partial charge in [0, 0.05) is 6.42 Å². The van der Waals surface area contributed by atoms with Gasteiger partial charge in [-0.2, -0.15) is 5.26 Å². The van der Waals surface area contributed by atoms with Gasteiger partial charge >= 0.3 is 5.97 Å². The molecule has 2 rings (SSSR count). The normalized spacial score (nSPS) is 15.9. The maximum atomic E-state index is 12.7. The Morgan fingerprint density at radius 2 is 1.96 bits per heavy atom. The van der Waals surface area contributed by atoms with Gasteiger partial charge < -0.3 is 15.2 Å². The molecule has 0 unspecified atom stereocenters. The molecule has 1 fully saturated rings. The van der Waals surface area contributed by atoms with Gasteiger partial charge in [-0.15, -0.1) is 0 Å². The van der Waals surface area contributed by atoms with Gasteiger partial charge in [0.05, 0.1) is 29.8 Å². The number of carbonyl (C=O) groups excluding carboxylic acids is 1. The first kappa shape index (κ1) is 19.8. The summed E-state index contributed by atoms with van der Waals surface area (Å²) in [6.07, 6.45) is 4.58. The average Bonchev–Trinajstić information content (AvgIpc) is 2.55. The van der Waals surface area contributed by atoms with Gasteiger partial charge in [-0.05, 0) is 50.3 Å². The SMILES string of the molecule is CC(C)Oc1ccc(C#N)cc1NC(=O)CC1(CC(=O)O)CCCCC1. The van der Waals surface area contributed by atoms with Crippen LogP contribution in [0.15, 0.2) is 18.2 Å². The Labute approximate surface area is 154 Å². The van der Waals surface area contributed by atoms with Crippen LogP contribution >= 0.6 is 0 Å². The Bertz CT molecular complexity index is 700. The van der Waals surface area contributed by atoms with Crippen molar-refractivity contribution in [2.45, 2.75) is 64.9 Å². The Kier molecular flexibility index (Phi) is 6.62. The van der Waals surface area contributed by atoms with Crippen molar-refractivity contribution in [2.75, 3.05) is 5.32 Å². The smallest absolute Gasteiger partial charge is 0.303 e. The van der Waals surface area contributed by atoms with Crippen LogP contribution in [0, 0.1) is 16.7 Å². The average molecular weight is 358 g/mol. The number of ether oxygens (including phenoxy) is 1. The minimum atomic E-state index is -0.866. The zero-order valence-corrected chi connectivity index (χ0v) is 15.4. The molecule has 0 aromatic heterocycles. The van der Waals surface area contributed by atoms with Crippen LogP contribution in [0.25, 0.3) is 0 Å². The van der Waals surface area contributed by atoms with E-state index in [1.54, 1.807) is 18.2 Å². The first-order valence-corrected chi connectivity index (χ1v) is 9.06. The Morgan fingerprint density at radius 1 is 1.27 bits per heavy atom. The Hall–Kier alpha value is -2.55. The van der Waals surface area contributed by atoms with Gasteiger partial charge in [0.1, 0.15) is 5.75 Å². The van der Waals surface area contributed by atoms with E-state index in [-0.39, 0.29) is 24.9 Å². The fraction of sp³-hybridized carbons (Fsp3) is 0.550. The molecule has 0 aliphatic heterocycles. The zero-order chi connectivity index (χ0) is 19.2. The second-order valence-corrected chi connectivity index (χ2v) is 7.35. The van der Waals surface area contributed by atoms with Crippen LogP contribution in [-0.2, 0) is 9.59 Å². The highest BCUT2D eigenvalue weighted by atomic mass is 16.5. The monoisotopic (exact) mass is 358 g/mol. The van der Waals surface area contributed by atoms with Gasteiger partial charge in [0.15, 0.2) is 0 Å². The lowest BCUT2D eigenvalue weighted by atomic mass is 9.69. The van der Waals surface area contributed by atoms with Crippen molar-refractivity contribution in [1.29, 1.82) is 5.26 Å². The largest absolute Gasteiger partial charge is 0.489 e. The van der Waals surface area contributed by atoms with E-state index in [1.807, 2.05) is 13.8 Å². The number of carboxylic acids is 1. The van der Waals surface area contributed by atoms with E-state index in [1.165, 1.54) is 0 Å². The first-order chi connectivity index (χ1) is 12.3. The first-order valence-electron chi connectivity index (χ1n) is 9.06. The molecule has 0 heterocycles. The summed E-state index contributed by atoms with van der Waals surface area (Å²) >= 11 is 0. The fourth-order valence-electron chi connectivity index (χ4n) is 3.63. The molecule has 1 aliphatic carbocycles. The third-order valence-electron chi connectivity index (χ3n) is 4.72. The number of carbonyl (C=O) groups is 2. The molecule has 1 amide bonds. The lowest BCUT2D eigenvalue weighted by molar-refractivity contribution is -0.140. The lowest BCUT2D eigenvalue weighted by Crippen LogP contribution is -2.32. The molecule has 1 aromatic rings. The van der Waals surface area contributed by atoms with E-state index in [4.69, 9.17) is 10.00 Å². The standard InChI is InChI=1S/C20H26N2O4/c1-14(2)26-17-7-6-15(13-21)10-16(17)22-18(23)11-20(12-19(24)25)8-4-3-5-9-20/h6-7,10,14H,3-5,8-9,11-12H2,1-2H3,(H,22,23)(H,24,25). The molecule has 1 saturated carbocycles. The van der Waals surface area contributed by atoms with Crippen LogP contribution in [0.4, 0.5) is 5.69 Å². The maximum absolute atomic E-state index is 12.7. The van der Waals surface area contributed by atoms with Gasteiger partial charge in [-0.1, -0.05) is 19.3 Å². The van der Waals surface area contributed by atoms with Crippen molar-refractivity contribution in [2.24, 2.45) is 5.41 Å². The Balaban J connectivity index is 2.17. The number of carboxylic acid groups (broad SMARTS) is 1. The number of benzene rings is 1. The van der Waals surface area contributed by atoms with E-state index in [2.05, 4.69) is 11.4 Å². The van der Waals surface area contributed by atoms with Crippen LogP contribution in [0.3, 0.4) is 0 Å². The predicted molar refractivity (Wildman–Crippen MR) is 97.9 cm³/mol. The molecule has 0 saturated heterocycles. The molecule has 140 valence electrons. The molecule has 6 heteroatoms. The number of amides is 1. The number of hydrogen-bond acceptors (Lipinski definition) is 4. The third-order valence-corrected chi connectivity index (χ3v) is 4.72. The second kappa shape index (κ2) is 8.70. The van der Waals surface area contributed by atoms with Crippen molar-refractivity contribution >= 4 is 17.6 Å². The van der Waals surface area contributed by atoms with Gasteiger partial charge in [0.2, 0.25) is 5.91 Å². The summed E-state index contributed by atoms with van der Waals surface area (Å²) in [6.45, 7) is 3.77. The number of hydrogen-bond donors (Lipinski definition) is 2. The molecule has 2 N–H and O–H groups in total. The molecule has 0 atom stereocenters. The molecular formula is C20H26N2O4. The molecule has 0 spiro atoms. The summed E-state index contributed by atoms with van der Waals surface area (Å²) in [4.78, 5) is 23.9. The summed E-state index contributed by atoms with van der Waals surface area (Å²) in [5, 5.41) is 21.2. The quantitative estimate of drug-likeness (QED) is 0.764. The predicted octanol–water partition coefficient (Wildman–Crippen LogP) is 4.10. The number of aliphatic carboxylic acids is 1. The minimum Gasteiger partial charge on any atom is -0.489 e. The van der Waals surface area contributed by atoms with Crippen LogP contribution in [0.2, 0.25) is 0 Å². The highest BCUT2D eigenvalue weighted by Gasteiger charge is 2.36. The summed E-state index contributed by atoms with van der Waals surface area (Å²) < 4.78 is 5.71. The number of nitrogens with one attached hydrogen (secondary N) is 1.